The van der Waals surface area contributed by atoms with Crippen LogP contribution in [0.2, 0.25) is 5.02 Å². The molecule has 1 atom stereocenters. The average molecular weight is 349 g/mol. The van der Waals surface area contributed by atoms with E-state index < -0.39 is 0 Å². The molecule has 0 fully saturated rings. The maximum atomic E-state index is 6.17. The summed E-state index contributed by atoms with van der Waals surface area (Å²) in [6.45, 7) is 5.28. The summed E-state index contributed by atoms with van der Waals surface area (Å²) in [5, 5.41) is 4.26. The number of hydrogen-bond donors (Lipinski definition) is 1. The van der Waals surface area contributed by atoms with Gasteiger partial charge in [-0.3, -0.25) is 0 Å². The van der Waals surface area contributed by atoms with Gasteiger partial charge in [0.25, 0.3) is 0 Å². The minimum absolute atomic E-state index is 0.293. The monoisotopic (exact) mass is 347 g/mol. The van der Waals surface area contributed by atoms with Crippen LogP contribution in [0, 0.1) is 0 Å². The number of methoxy groups -OCH3 is 1. The normalized spacial score (nSPS) is 12.5. The molecule has 0 saturated carbocycles. The van der Waals surface area contributed by atoms with E-state index in [-0.39, 0.29) is 0 Å². The Morgan fingerprint density at radius 1 is 1.32 bits per heavy atom. The lowest BCUT2D eigenvalue weighted by molar-refractivity contribution is 0.391. The fourth-order valence-electron chi connectivity index (χ4n) is 2.27. The minimum Gasteiger partial charge on any atom is -0.495 e. The van der Waals surface area contributed by atoms with E-state index in [9.17, 15) is 0 Å². The van der Waals surface area contributed by atoms with Crippen LogP contribution < -0.4 is 10.1 Å². The summed E-state index contributed by atoms with van der Waals surface area (Å²) in [6.07, 6.45) is 4.80. The third kappa shape index (κ3) is 4.97. The third-order valence-electron chi connectivity index (χ3n) is 3.16. The molecule has 4 heteroatoms. The van der Waals surface area contributed by atoms with Crippen molar-refractivity contribution in [2.75, 3.05) is 13.7 Å². The van der Waals surface area contributed by atoms with Crippen LogP contribution in [0.15, 0.2) is 16.6 Å². The van der Waals surface area contributed by atoms with Crippen LogP contribution in [0.5, 0.6) is 5.75 Å². The topological polar surface area (TPSA) is 21.3 Å². The SMILES string of the molecule is CCCCCC(NCC)c1cc(Cl)cc(Br)c1OC. The smallest absolute Gasteiger partial charge is 0.137 e. The van der Waals surface area contributed by atoms with Gasteiger partial charge < -0.3 is 10.1 Å². The molecule has 1 aromatic rings. The molecule has 0 heterocycles. The van der Waals surface area contributed by atoms with Gasteiger partial charge in [-0.15, -0.1) is 0 Å². The van der Waals surface area contributed by atoms with Gasteiger partial charge >= 0.3 is 0 Å². The second-order valence-electron chi connectivity index (χ2n) is 4.62. The first-order chi connectivity index (χ1) is 9.13. The standard InChI is InChI=1S/C15H23BrClNO/c1-4-6-7-8-14(18-5-2)12-9-11(17)10-13(16)15(12)19-3/h9-10,14,18H,4-8H2,1-3H3. The summed E-state index contributed by atoms with van der Waals surface area (Å²) >= 11 is 9.69. The van der Waals surface area contributed by atoms with Crippen LogP contribution in [0.1, 0.15) is 51.1 Å². The van der Waals surface area contributed by atoms with Gasteiger partial charge in [0.1, 0.15) is 5.75 Å². The van der Waals surface area contributed by atoms with E-state index in [1.54, 1.807) is 7.11 Å². The van der Waals surface area contributed by atoms with E-state index >= 15 is 0 Å². The molecule has 0 aliphatic heterocycles. The zero-order chi connectivity index (χ0) is 14.3. The van der Waals surface area contributed by atoms with E-state index in [2.05, 4.69) is 35.1 Å². The molecule has 0 bridgehead atoms. The van der Waals surface area contributed by atoms with Crippen molar-refractivity contribution in [2.24, 2.45) is 0 Å². The Morgan fingerprint density at radius 2 is 2.05 bits per heavy atom. The number of unbranched alkanes of at least 4 members (excludes halogenated alkanes) is 2. The number of ether oxygens (including phenoxy) is 1. The molecule has 1 aromatic carbocycles. The second-order valence-corrected chi connectivity index (χ2v) is 5.91. The van der Waals surface area contributed by atoms with Gasteiger partial charge in [-0.25, -0.2) is 0 Å². The minimum atomic E-state index is 0.293. The molecule has 0 aromatic heterocycles. The van der Waals surface area contributed by atoms with Crippen molar-refractivity contribution in [3.05, 3.63) is 27.2 Å². The third-order valence-corrected chi connectivity index (χ3v) is 3.97. The van der Waals surface area contributed by atoms with E-state index in [1.165, 1.54) is 19.3 Å². The van der Waals surface area contributed by atoms with Gasteiger partial charge in [0.05, 0.1) is 11.6 Å². The van der Waals surface area contributed by atoms with Crippen LogP contribution in [-0.2, 0) is 0 Å². The molecular formula is C15H23BrClNO. The van der Waals surface area contributed by atoms with Crippen LogP contribution in [0.4, 0.5) is 0 Å². The van der Waals surface area contributed by atoms with Crippen molar-refractivity contribution in [3.8, 4) is 5.75 Å². The van der Waals surface area contributed by atoms with Gasteiger partial charge in [-0.1, -0.05) is 44.7 Å². The van der Waals surface area contributed by atoms with E-state index in [0.717, 1.165) is 33.8 Å². The Balaban J connectivity index is 2.99. The first-order valence-corrected chi connectivity index (χ1v) is 8.07. The van der Waals surface area contributed by atoms with Gasteiger partial charge in [0.2, 0.25) is 0 Å². The number of hydrogen-bond acceptors (Lipinski definition) is 2. The number of halogens is 2. The van der Waals surface area contributed by atoms with E-state index in [4.69, 9.17) is 16.3 Å². The zero-order valence-corrected chi connectivity index (χ0v) is 14.3. The van der Waals surface area contributed by atoms with Gasteiger partial charge in [-0.05, 0) is 41.0 Å². The quantitative estimate of drug-likeness (QED) is 0.640. The molecular weight excluding hydrogens is 326 g/mol. The molecule has 0 amide bonds. The molecule has 0 radical (unpaired) electrons. The highest BCUT2D eigenvalue weighted by molar-refractivity contribution is 9.10. The van der Waals surface area contributed by atoms with Crippen molar-refractivity contribution in [1.29, 1.82) is 0 Å². The Kier molecular flexibility index (Phi) is 7.81. The van der Waals surface area contributed by atoms with Crippen molar-refractivity contribution >= 4 is 27.5 Å². The molecule has 0 aliphatic rings. The summed E-state index contributed by atoms with van der Waals surface area (Å²) in [5.41, 5.74) is 1.14. The Bertz CT molecular complexity index is 398. The Hall–Kier alpha value is -0.250. The lowest BCUT2D eigenvalue weighted by Gasteiger charge is -2.22. The van der Waals surface area contributed by atoms with Crippen LogP contribution in [0.3, 0.4) is 0 Å². The molecule has 1 N–H and O–H groups in total. The second kappa shape index (κ2) is 8.83. The lowest BCUT2D eigenvalue weighted by Crippen LogP contribution is -2.21. The van der Waals surface area contributed by atoms with Gasteiger partial charge in [-0.2, -0.15) is 0 Å². The van der Waals surface area contributed by atoms with Crippen molar-refractivity contribution in [2.45, 2.75) is 45.6 Å². The van der Waals surface area contributed by atoms with Crippen LogP contribution >= 0.6 is 27.5 Å². The lowest BCUT2D eigenvalue weighted by atomic mass is 9.99. The van der Waals surface area contributed by atoms with E-state index in [0.29, 0.717) is 6.04 Å². The summed E-state index contributed by atoms with van der Waals surface area (Å²) in [7, 11) is 1.70. The van der Waals surface area contributed by atoms with Crippen LogP contribution in [0.25, 0.3) is 0 Å². The predicted molar refractivity (Wildman–Crippen MR) is 86.3 cm³/mol. The Labute approximate surface area is 130 Å². The maximum Gasteiger partial charge on any atom is 0.137 e. The first-order valence-electron chi connectivity index (χ1n) is 6.90. The predicted octanol–water partition coefficient (Wildman–Crippen LogP) is 5.34. The number of rotatable bonds is 8. The summed E-state index contributed by atoms with van der Waals surface area (Å²) in [6, 6.07) is 4.17. The first kappa shape index (κ1) is 16.8. The molecule has 108 valence electrons. The number of benzene rings is 1. The number of nitrogens with one attached hydrogen (secondary N) is 1. The molecule has 0 aliphatic carbocycles. The highest BCUT2D eigenvalue weighted by atomic mass is 79.9. The van der Waals surface area contributed by atoms with Crippen LogP contribution in [-0.4, -0.2) is 13.7 Å². The molecule has 2 nitrogen and oxygen atoms in total. The molecule has 1 unspecified atom stereocenters. The largest absolute Gasteiger partial charge is 0.495 e. The fourth-order valence-corrected chi connectivity index (χ4v) is 3.26. The Morgan fingerprint density at radius 3 is 2.63 bits per heavy atom. The highest BCUT2D eigenvalue weighted by Gasteiger charge is 2.18. The summed E-state index contributed by atoms with van der Waals surface area (Å²) < 4.78 is 6.43. The molecule has 19 heavy (non-hydrogen) atoms. The van der Waals surface area contributed by atoms with Gasteiger partial charge in [0, 0.05) is 16.6 Å². The summed E-state index contributed by atoms with van der Waals surface area (Å²) in [4.78, 5) is 0. The fraction of sp³-hybridized carbons (Fsp3) is 0.600. The average Bonchev–Trinajstić information content (AvgIpc) is 2.37. The van der Waals surface area contributed by atoms with Gasteiger partial charge in [0.15, 0.2) is 0 Å². The molecule has 1 rings (SSSR count). The molecule has 0 saturated heterocycles. The summed E-state index contributed by atoms with van der Waals surface area (Å²) in [5.74, 6) is 0.881. The van der Waals surface area contributed by atoms with Crippen molar-refractivity contribution < 1.29 is 4.74 Å². The zero-order valence-electron chi connectivity index (χ0n) is 11.9. The molecule has 0 spiro atoms. The van der Waals surface area contributed by atoms with Crippen molar-refractivity contribution in [1.82, 2.24) is 5.32 Å². The maximum absolute atomic E-state index is 6.17. The van der Waals surface area contributed by atoms with E-state index in [1.807, 2.05) is 12.1 Å². The van der Waals surface area contributed by atoms with Crippen molar-refractivity contribution in [3.63, 3.8) is 0 Å². The highest BCUT2D eigenvalue weighted by Crippen LogP contribution is 2.37.